The molecule has 4 aromatic rings. The van der Waals surface area contributed by atoms with Gasteiger partial charge in [-0.15, -0.1) is 0 Å². The summed E-state index contributed by atoms with van der Waals surface area (Å²) in [5.41, 5.74) is 3.75. The second-order valence-corrected chi connectivity index (χ2v) is 9.92. The molecule has 33 heavy (non-hydrogen) atoms. The van der Waals surface area contributed by atoms with E-state index in [1.165, 1.54) is 21.3 Å². The number of fused-ring (bicyclic) bond motifs is 1. The molecule has 0 amide bonds. The van der Waals surface area contributed by atoms with Crippen molar-refractivity contribution in [3.8, 4) is 5.69 Å². The summed E-state index contributed by atoms with van der Waals surface area (Å²) in [7, 11) is -2.26. The highest BCUT2D eigenvalue weighted by Gasteiger charge is 2.20. The van der Waals surface area contributed by atoms with Crippen LogP contribution in [0.25, 0.3) is 22.7 Å². The molecule has 0 aliphatic heterocycles. The van der Waals surface area contributed by atoms with Crippen molar-refractivity contribution < 1.29 is 8.42 Å². The SMILES string of the molecule is Cc1ccc(-n2c(CN(C)S(=O)(=O)C=Cc3ccccc3)nc3ccccc3c2=O)c(C)c1. The van der Waals surface area contributed by atoms with Crippen molar-refractivity contribution in [3.63, 3.8) is 0 Å². The predicted octanol–water partition coefficient (Wildman–Crippen LogP) is 4.44. The Morgan fingerprint density at radius 1 is 0.970 bits per heavy atom. The average molecular weight is 460 g/mol. The summed E-state index contributed by atoms with van der Waals surface area (Å²) < 4.78 is 28.6. The van der Waals surface area contributed by atoms with Gasteiger partial charge in [0.15, 0.2) is 0 Å². The van der Waals surface area contributed by atoms with Gasteiger partial charge in [0.2, 0.25) is 10.0 Å². The Labute approximate surface area is 193 Å². The second-order valence-electron chi connectivity index (χ2n) is 7.99. The van der Waals surface area contributed by atoms with E-state index in [9.17, 15) is 13.2 Å². The molecule has 0 unspecified atom stereocenters. The van der Waals surface area contributed by atoms with Gasteiger partial charge in [0.05, 0.1) is 23.1 Å². The van der Waals surface area contributed by atoms with E-state index in [0.717, 1.165) is 16.7 Å². The van der Waals surface area contributed by atoms with E-state index >= 15 is 0 Å². The van der Waals surface area contributed by atoms with E-state index in [-0.39, 0.29) is 12.1 Å². The van der Waals surface area contributed by atoms with Crippen LogP contribution in [0.2, 0.25) is 0 Å². The number of aromatic nitrogens is 2. The highest BCUT2D eigenvalue weighted by molar-refractivity contribution is 7.92. The van der Waals surface area contributed by atoms with Crippen LogP contribution in [0.1, 0.15) is 22.5 Å². The van der Waals surface area contributed by atoms with Crippen molar-refractivity contribution in [1.82, 2.24) is 13.9 Å². The van der Waals surface area contributed by atoms with Crippen LogP contribution in [0.15, 0.2) is 83.0 Å². The number of nitrogens with zero attached hydrogens (tertiary/aromatic N) is 3. The van der Waals surface area contributed by atoms with Crippen molar-refractivity contribution in [2.24, 2.45) is 0 Å². The van der Waals surface area contributed by atoms with Gasteiger partial charge in [0, 0.05) is 12.5 Å². The van der Waals surface area contributed by atoms with Gasteiger partial charge in [-0.2, -0.15) is 4.31 Å². The Morgan fingerprint density at radius 3 is 2.39 bits per heavy atom. The van der Waals surface area contributed by atoms with E-state index in [0.29, 0.717) is 22.4 Å². The summed E-state index contributed by atoms with van der Waals surface area (Å²) in [5.74, 6) is 0.352. The van der Waals surface area contributed by atoms with Crippen molar-refractivity contribution in [3.05, 3.63) is 111 Å². The highest BCUT2D eigenvalue weighted by Crippen LogP contribution is 2.19. The molecule has 0 aliphatic carbocycles. The quantitative estimate of drug-likeness (QED) is 0.427. The van der Waals surface area contributed by atoms with Gasteiger partial charge in [-0.05, 0) is 49.2 Å². The number of hydrogen-bond acceptors (Lipinski definition) is 4. The fourth-order valence-electron chi connectivity index (χ4n) is 3.71. The molecule has 3 aromatic carbocycles. The Kier molecular flexibility index (Phi) is 6.26. The van der Waals surface area contributed by atoms with Gasteiger partial charge in [0.25, 0.3) is 5.56 Å². The Balaban J connectivity index is 1.80. The summed E-state index contributed by atoms with van der Waals surface area (Å²) in [4.78, 5) is 18.2. The summed E-state index contributed by atoms with van der Waals surface area (Å²) >= 11 is 0. The molecule has 0 radical (unpaired) electrons. The molecule has 0 aliphatic rings. The summed E-state index contributed by atoms with van der Waals surface area (Å²) in [6, 6.07) is 22.1. The molecule has 0 spiro atoms. The van der Waals surface area contributed by atoms with E-state index in [4.69, 9.17) is 0 Å². The van der Waals surface area contributed by atoms with Crippen LogP contribution in [0, 0.1) is 13.8 Å². The number of aryl methyl sites for hydroxylation is 2. The zero-order valence-electron chi connectivity index (χ0n) is 18.8. The molecule has 0 bridgehead atoms. The third-order valence-electron chi connectivity index (χ3n) is 5.47. The van der Waals surface area contributed by atoms with E-state index < -0.39 is 10.0 Å². The van der Waals surface area contributed by atoms with Crippen LogP contribution in [0.5, 0.6) is 0 Å². The molecule has 4 rings (SSSR count). The first kappa shape index (κ1) is 22.6. The van der Waals surface area contributed by atoms with Crippen LogP contribution in [0.3, 0.4) is 0 Å². The van der Waals surface area contributed by atoms with Gasteiger partial charge in [-0.3, -0.25) is 9.36 Å². The average Bonchev–Trinajstić information content (AvgIpc) is 2.79. The van der Waals surface area contributed by atoms with E-state index in [2.05, 4.69) is 4.98 Å². The number of rotatable bonds is 6. The fourth-order valence-corrected chi connectivity index (χ4v) is 4.54. The lowest BCUT2D eigenvalue weighted by Gasteiger charge is -2.20. The van der Waals surface area contributed by atoms with E-state index in [1.807, 2.05) is 68.4 Å². The minimum absolute atomic E-state index is 0.0607. The van der Waals surface area contributed by atoms with Crippen LogP contribution in [-0.2, 0) is 16.6 Å². The molecular weight excluding hydrogens is 434 g/mol. The zero-order valence-corrected chi connectivity index (χ0v) is 19.6. The normalized spacial score (nSPS) is 12.1. The Morgan fingerprint density at radius 2 is 1.67 bits per heavy atom. The van der Waals surface area contributed by atoms with Crippen molar-refractivity contribution in [2.45, 2.75) is 20.4 Å². The predicted molar refractivity (Wildman–Crippen MR) is 133 cm³/mol. The lowest BCUT2D eigenvalue weighted by atomic mass is 10.1. The van der Waals surface area contributed by atoms with Crippen molar-refractivity contribution in [2.75, 3.05) is 7.05 Å². The number of para-hydroxylation sites is 1. The minimum atomic E-state index is -3.74. The maximum absolute atomic E-state index is 13.5. The largest absolute Gasteiger partial charge is 0.268 e. The highest BCUT2D eigenvalue weighted by atomic mass is 32.2. The lowest BCUT2D eigenvalue weighted by molar-refractivity contribution is 0.459. The smallest absolute Gasteiger partial charge is 0.266 e. The van der Waals surface area contributed by atoms with E-state index in [1.54, 1.807) is 24.3 Å². The van der Waals surface area contributed by atoms with Crippen LogP contribution in [-0.4, -0.2) is 29.3 Å². The number of benzene rings is 3. The van der Waals surface area contributed by atoms with Gasteiger partial charge in [-0.25, -0.2) is 13.4 Å². The Hall–Kier alpha value is -3.55. The second kappa shape index (κ2) is 9.13. The first-order valence-electron chi connectivity index (χ1n) is 10.5. The first-order valence-corrected chi connectivity index (χ1v) is 12.0. The zero-order chi connectivity index (χ0) is 23.6. The van der Waals surface area contributed by atoms with Gasteiger partial charge < -0.3 is 0 Å². The maximum atomic E-state index is 13.5. The molecule has 0 saturated heterocycles. The molecule has 1 heterocycles. The lowest BCUT2D eigenvalue weighted by Crippen LogP contribution is -2.31. The molecule has 6 nitrogen and oxygen atoms in total. The van der Waals surface area contributed by atoms with Crippen molar-refractivity contribution >= 4 is 27.0 Å². The van der Waals surface area contributed by atoms with Gasteiger partial charge >= 0.3 is 0 Å². The van der Waals surface area contributed by atoms with Gasteiger partial charge in [-0.1, -0.05) is 60.2 Å². The molecule has 0 fully saturated rings. The fraction of sp³-hybridized carbons (Fsp3) is 0.154. The summed E-state index contributed by atoms with van der Waals surface area (Å²) in [5, 5.41) is 1.65. The molecular formula is C26H25N3O3S. The summed E-state index contributed by atoms with van der Waals surface area (Å²) in [6.07, 6.45) is 1.55. The molecule has 168 valence electrons. The van der Waals surface area contributed by atoms with Crippen molar-refractivity contribution in [1.29, 1.82) is 0 Å². The first-order chi connectivity index (χ1) is 15.8. The number of sulfonamides is 1. The van der Waals surface area contributed by atoms with Crippen LogP contribution >= 0.6 is 0 Å². The summed E-state index contributed by atoms with van der Waals surface area (Å²) in [6.45, 7) is 3.85. The molecule has 1 aromatic heterocycles. The standard InChI is InChI=1S/C26H25N3O3S/c1-19-13-14-24(20(2)17-19)29-25(27-23-12-8-7-11-22(23)26(29)30)18-28(3)33(31,32)16-15-21-9-5-4-6-10-21/h4-17H,18H2,1-3H3. The molecule has 0 saturated carbocycles. The monoisotopic (exact) mass is 459 g/mol. The third-order valence-corrected chi connectivity index (χ3v) is 6.95. The third kappa shape index (κ3) is 4.79. The molecule has 0 atom stereocenters. The minimum Gasteiger partial charge on any atom is -0.268 e. The molecule has 0 N–H and O–H groups in total. The van der Waals surface area contributed by atoms with Crippen LogP contribution < -0.4 is 5.56 Å². The van der Waals surface area contributed by atoms with Gasteiger partial charge in [0.1, 0.15) is 5.82 Å². The maximum Gasteiger partial charge on any atom is 0.266 e. The number of hydrogen-bond donors (Lipinski definition) is 0. The Bertz CT molecular complexity index is 1510. The molecule has 7 heteroatoms. The van der Waals surface area contributed by atoms with Crippen LogP contribution in [0.4, 0.5) is 0 Å². The topological polar surface area (TPSA) is 72.3 Å².